The molecule has 5 N–H and O–H groups in total. The van der Waals surface area contributed by atoms with Crippen LogP contribution in [-0.4, -0.2) is 5.91 Å². The van der Waals surface area contributed by atoms with Gasteiger partial charge < -0.3 is 16.8 Å². The number of nitrogens with two attached hydrogens (primary N) is 2. The lowest BCUT2D eigenvalue weighted by Crippen LogP contribution is -2.14. The van der Waals surface area contributed by atoms with Gasteiger partial charge in [-0.3, -0.25) is 4.79 Å². The second-order valence-corrected chi connectivity index (χ2v) is 4.37. The minimum atomic E-state index is -0.749. The summed E-state index contributed by atoms with van der Waals surface area (Å²) in [5, 5.41) is 2.76. The molecule has 2 aromatic carbocycles. The predicted octanol–water partition coefficient (Wildman–Crippen LogP) is 2.70. The second kappa shape index (κ2) is 5.16. The lowest BCUT2D eigenvalue weighted by atomic mass is 10.1. The summed E-state index contributed by atoms with van der Waals surface area (Å²) in [7, 11) is 0. The first-order chi connectivity index (χ1) is 9.38. The largest absolute Gasteiger partial charge is 0.398 e. The molecule has 0 heterocycles. The van der Waals surface area contributed by atoms with Gasteiger partial charge in [0.25, 0.3) is 5.91 Å². The number of carbonyl (C=O) groups is 1. The Bertz CT molecular complexity index is 686. The molecule has 0 atom stereocenters. The molecule has 0 spiro atoms. The second-order valence-electron chi connectivity index (χ2n) is 4.37. The van der Waals surface area contributed by atoms with Crippen LogP contribution in [0.3, 0.4) is 0 Å². The average molecular weight is 277 g/mol. The van der Waals surface area contributed by atoms with Crippen molar-refractivity contribution in [3.05, 3.63) is 53.1 Å². The van der Waals surface area contributed by atoms with Crippen molar-refractivity contribution in [1.29, 1.82) is 0 Å². The molecule has 0 aliphatic carbocycles. The number of carbonyl (C=O) groups excluding carboxylic acids is 1. The first-order valence-electron chi connectivity index (χ1n) is 5.80. The van der Waals surface area contributed by atoms with Gasteiger partial charge in [-0.25, -0.2) is 8.78 Å². The van der Waals surface area contributed by atoms with Gasteiger partial charge >= 0.3 is 0 Å². The predicted molar refractivity (Wildman–Crippen MR) is 73.8 cm³/mol. The van der Waals surface area contributed by atoms with Crippen molar-refractivity contribution in [2.24, 2.45) is 5.73 Å². The maximum absolute atomic E-state index is 13.8. The van der Waals surface area contributed by atoms with Crippen LogP contribution < -0.4 is 16.8 Å². The van der Waals surface area contributed by atoms with Crippen LogP contribution in [0.15, 0.2) is 30.3 Å². The molecule has 1 amide bonds. The molecule has 4 nitrogen and oxygen atoms in total. The highest BCUT2D eigenvalue weighted by Gasteiger charge is 2.12. The molecule has 0 saturated carbocycles. The summed E-state index contributed by atoms with van der Waals surface area (Å²) in [6.45, 7) is 1.59. The number of nitrogens with one attached hydrogen (secondary N) is 1. The Balaban J connectivity index is 2.40. The third-order valence-corrected chi connectivity index (χ3v) is 2.84. The lowest BCUT2D eigenvalue weighted by Gasteiger charge is -2.11. The summed E-state index contributed by atoms with van der Waals surface area (Å²) in [6, 6.07) is 6.49. The van der Waals surface area contributed by atoms with Crippen LogP contribution in [0.4, 0.5) is 25.8 Å². The minimum Gasteiger partial charge on any atom is -0.398 e. The van der Waals surface area contributed by atoms with Gasteiger partial charge in [-0.1, -0.05) is 0 Å². The van der Waals surface area contributed by atoms with E-state index in [1.807, 2.05) is 0 Å². The van der Waals surface area contributed by atoms with Crippen molar-refractivity contribution in [2.45, 2.75) is 6.92 Å². The zero-order valence-electron chi connectivity index (χ0n) is 10.7. The number of anilines is 3. The standard InChI is InChI=1S/C14H13F2N3O/c1-7-4-8(2-3-10(7)15)19-13-5-9(14(18)20)12(17)6-11(13)16/h2-6,19H,17H2,1H3,(H2,18,20). The maximum Gasteiger partial charge on any atom is 0.250 e. The smallest absolute Gasteiger partial charge is 0.250 e. The fourth-order valence-electron chi connectivity index (χ4n) is 1.78. The van der Waals surface area contributed by atoms with Gasteiger partial charge in [-0.15, -0.1) is 0 Å². The molecule has 20 heavy (non-hydrogen) atoms. The molecule has 104 valence electrons. The van der Waals surface area contributed by atoms with Crippen molar-refractivity contribution < 1.29 is 13.6 Å². The van der Waals surface area contributed by atoms with E-state index in [0.29, 0.717) is 11.3 Å². The summed E-state index contributed by atoms with van der Waals surface area (Å²) in [5.41, 5.74) is 11.6. The first kappa shape index (κ1) is 13.8. The van der Waals surface area contributed by atoms with Gasteiger partial charge in [0.15, 0.2) is 0 Å². The zero-order chi connectivity index (χ0) is 14.9. The highest BCUT2D eigenvalue weighted by molar-refractivity contribution is 5.99. The summed E-state index contributed by atoms with van der Waals surface area (Å²) in [5.74, 6) is -1.73. The number of hydrogen-bond acceptors (Lipinski definition) is 3. The van der Waals surface area contributed by atoms with Crippen LogP contribution in [-0.2, 0) is 0 Å². The van der Waals surface area contributed by atoms with E-state index in [4.69, 9.17) is 11.5 Å². The number of hydrogen-bond donors (Lipinski definition) is 3. The van der Waals surface area contributed by atoms with Gasteiger partial charge in [-0.05, 0) is 42.8 Å². The number of halogens is 2. The van der Waals surface area contributed by atoms with E-state index in [2.05, 4.69) is 5.32 Å². The van der Waals surface area contributed by atoms with E-state index in [0.717, 1.165) is 6.07 Å². The Morgan fingerprint density at radius 1 is 1.15 bits per heavy atom. The Kier molecular flexibility index (Phi) is 3.56. The van der Waals surface area contributed by atoms with Crippen molar-refractivity contribution in [3.8, 4) is 0 Å². The van der Waals surface area contributed by atoms with Crippen molar-refractivity contribution in [3.63, 3.8) is 0 Å². The van der Waals surface area contributed by atoms with Gasteiger partial charge in [-0.2, -0.15) is 0 Å². The Labute approximate surface area is 114 Å². The Morgan fingerprint density at radius 3 is 2.45 bits per heavy atom. The van der Waals surface area contributed by atoms with Crippen molar-refractivity contribution in [2.75, 3.05) is 11.1 Å². The number of primary amides is 1. The third-order valence-electron chi connectivity index (χ3n) is 2.84. The van der Waals surface area contributed by atoms with Crippen LogP contribution in [0.2, 0.25) is 0 Å². The van der Waals surface area contributed by atoms with E-state index >= 15 is 0 Å². The Hall–Kier alpha value is -2.63. The number of benzene rings is 2. The van der Waals surface area contributed by atoms with Gasteiger partial charge in [0, 0.05) is 11.4 Å². The monoisotopic (exact) mass is 277 g/mol. The van der Waals surface area contributed by atoms with Crippen LogP contribution in [0.5, 0.6) is 0 Å². The lowest BCUT2D eigenvalue weighted by molar-refractivity contribution is 0.100. The number of aryl methyl sites for hydroxylation is 1. The van der Waals surface area contributed by atoms with E-state index < -0.39 is 11.7 Å². The maximum atomic E-state index is 13.8. The van der Waals surface area contributed by atoms with Gasteiger partial charge in [0.05, 0.1) is 11.3 Å². The number of amides is 1. The molecule has 2 aromatic rings. The molecule has 0 aliphatic heterocycles. The number of nitrogen functional groups attached to an aromatic ring is 1. The highest BCUT2D eigenvalue weighted by Crippen LogP contribution is 2.26. The molecule has 0 fully saturated rings. The molecule has 0 unspecified atom stereocenters. The number of rotatable bonds is 3. The summed E-state index contributed by atoms with van der Waals surface area (Å²) >= 11 is 0. The van der Waals surface area contributed by atoms with E-state index in [1.54, 1.807) is 6.92 Å². The third kappa shape index (κ3) is 2.69. The highest BCUT2D eigenvalue weighted by atomic mass is 19.1. The van der Waals surface area contributed by atoms with Crippen LogP contribution in [0.25, 0.3) is 0 Å². The molecule has 0 aliphatic rings. The van der Waals surface area contributed by atoms with E-state index in [-0.39, 0.29) is 22.8 Å². The fraction of sp³-hybridized carbons (Fsp3) is 0.0714. The minimum absolute atomic E-state index is 0.0210. The quantitative estimate of drug-likeness (QED) is 0.754. The molecular formula is C14H13F2N3O. The Morgan fingerprint density at radius 2 is 1.85 bits per heavy atom. The molecule has 0 saturated heterocycles. The fourth-order valence-corrected chi connectivity index (χ4v) is 1.78. The summed E-state index contributed by atoms with van der Waals surface area (Å²) in [6.07, 6.45) is 0. The van der Waals surface area contributed by atoms with Crippen LogP contribution >= 0.6 is 0 Å². The van der Waals surface area contributed by atoms with Crippen molar-refractivity contribution in [1.82, 2.24) is 0 Å². The molecule has 2 rings (SSSR count). The van der Waals surface area contributed by atoms with Gasteiger partial charge in [0.1, 0.15) is 11.6 Å². The topological polar surface area (TPSA) is 81.1 Å². The molecule has 6 heteroatoms. The molecule has 0 radical (unpaired) electrons. The van der Waals surface area contributed by atoms with E-state index in [9.17, 15) is 13.6 Å². The summed E-state index contributed by atoms with van der Waals surface area (Å²) in [4.78, 5) is 11.2. The van der Waals surface area contributed by atoms with Crippen LogP contribution in [0, 0.1) is 18.6 Å². The molecular weight excluding hydrogens is 264 g/mol. The first-order valence-corrected chi connectivity index (χ1v) is 5.80. The molecule has 0 aromatic heterocycles. The SMILES string of the molecule is Cc1cc(Nc2cc(C(N)=O)c(N)cc2F)ccc1F. The average Bonchev–Trinajstić information content (AvgIpc) is 2.36. The molecule has 0 bridgehead atoms. The van der Waals surface area contributed by atoms with Crippen LogP contribution in [0.1, 0.15) is 15.9 Å². The van der Waals surface area contributed by atoms with Crippen molar-refractivity contribution >= 4 is 23.0 Å². The summed E-state index contributed by atoms with van der Waals surface area (Å²) < 4.78 is 27.0. The van der Waals surface area contributed by atoms with Gasteiger partial charge in [0.2, 0.25) is 0 Å². The zero-order valence-corrected chi connectivity index (χ0v) is 10.7. The normalized spacial score (nSPS) is 10.3. The van der Waals surface area contributed by atoms with E-state index in [1.165, 1.54) is 24.3 Å².